The number of hydrogen-bond acceptors (Lipinski definition) is 3. The van der Waals surface area contributed by atoms with Crippen LogP contribution in [0, 0.1) is 0 Å². The second kappa shape index (κ2) is 6.68. The number of likely N-dealkylation sites (N-methyl/N-ethyl adjacent to an activating group) is 1. The maximum atomic E-state index is 11.2. The number of rotatable bonds is 6. The van der Waals surface area contributed by atoms with Crippen molar-refractivity contribution in [2.75, 3.05) is 13.6 Å². The summed E-state index contributed by atoms with van der Waals surface area (Å²) in [6, 6.07) is 9.70. The van der Waals surface area contributed by atoms with E-state index < -0.39 is 5.97 Å². The fourth-order valence-electron chi connectivity index (χ4n) is 2.20. The Balaban J connectivity index is 2.00. The van der Waals surface area contributed by atoms with Crippen LogP contribution >= 0.6 is 11.3 Å². The van der Waals surface area contributed by atoms with Crippen LogP contribution in [0.2, 0.25) is 0 Å². The van der Waals surface area contributed by atoms with Crippen molar-refractivity contribution in [3.63, 3.8) is 0 Å². The standard InChI is InChI=1S/C16H19NO2S/c1-12(14-8-10-20-11-14)17(2)9-7-13-5-3-4-6-15(13)16(18)19/h3-6,8,10-12H,7,9H2,1-2H3,(H,18,19). The lowest BCUT2D eigenvalue weighted by Crippen LogP contribution is -2.25. The Bertz CT molecular complexity index is 566. The zero-order valence-corrected chi connectivity index (χ0v) is 12.6. The monoisotopic (exact) mass is 289 g/mol. The number of nitrogens with zero attached hydrogens (tertiary/aromatic N) is 1. The molecule has 4 heteroatoms. The van der Waals surface area contributed by atoms with E-state index in [2.05, 4.69) is 35.7 Å². The van der Waals surface area contributed by atoms with Crippen molar-refractivity contribution in [2.24, 2.45) is 0 Å². The van der Waals surface area contributed by atoms with E-state index in [4.69, 9.17) is 0 Å². The number of carbonyl (C=O) groups is 1. The minimum Gasteiger partial charge on any atom is -0.478 e. The molecule has 3 nitrogen and oxygen atoms in total. The van der Waals surface area contributed by atoms with Gasteiger partial charge in [0.15, 0.2) is 0 Å². The minimum atomic E-state index is -0.853. The summed E-state index contributed by atoms with van der Waals surface area (Å²) in [6.45, 7) is 3.01. The van der Waals surface area contributed by atoms with Crippen LogP contribution in [0.15, 0.2) is 41.1 Å². The predicted molar refractivity (Wildman–Crippen MR) is 82.5 cm³/mol. The van der Waals surface area contributed by atoms with E-state index in [0.717, 1.165) is 18.5 Å². The Labute approximate surface area is 123 Å². The highest BCUT2D eigenvalue weighted by Gasteiger charge is 2.14. The number of benzene rings is 1. The molecular weight excluding hydrogens is 270 g/mol. The van der Waals surface area contributed by atoms with Crippen molar-refractivity contribution in [2.45, 2.75) is 19.4 Å². The van der Waals surface area contributed by atoms with E-state index in [9.17, 15) is 9.90 Å². The number of carboxylic acid groups (broad SMARTS) is 1. The van der Waals surface area contributed by atoms with Crippen molar-refractivity contribution in [3.8, 4) is 0 Å². The first-order valence-corrected chi connectivity index (χ1v) is 7.57. The summed E-state index contributed by atoms with van der Waals surface area (Å²) in [5, 5.41) is 13.4. The van der Waals surface area contributed by atoms with Gasteiger partial charge in [-0.15, -0.1) is 0 Å². The first kappa shape index (κ1) is 14.8. The molecule has 2 rings (SSSR count). The molecule has 1 atom stereocenters. The molecule has 0 radical (unpaired) electrons. The average Bonchev–Trinajstić information content (AvgIpc) is 2.98. The van der Waals surface area contributed by atoms with Crippen molar-refractivity contribution in [1.29, 1.82) is 0 Å². The second-order valence-corrected chi connectivity index (χ2v) is 5.71. The molecule has 0 saturated carbocycles. The molecule has 106 valence electrons. The summed E-state index contributed by atoms with van der Waals surface area (Å²) in [6.07, 6.45) is 0.744. The quantitative estimate of drug-likeness (QED) is 0.882. The van der Waals surface area contributed by atoms with Crippen molar-refractivity contribution in [3.05, 3.63) is 57.8 Å². The van der Waals surface area contributed by atoms with Crippen LogP contribution in [0.4, 0.5) is 0 Å². The Morgan fingerprint density at radius 3 is 2.75 bits per heavy atom. The fourth-order valence-corrected chi connectivity index (χ4v) is 2.95. The number of hydrogen-bond donors (Lipinski definition) is 1. The summed E-state index contributed by atoms with van der Waals surface area (Å²) >= 11 is 1.70. The zero-order valence-electron chi connectivity index (χ0n) is 11.7. The van der Waals surface area contributed by atoms with Gasteiger partial charge in [0.05, 0.1) is 5.56 Å². The molecule has 20 heavy (non-hydrogen) atoms. The molecule has 0 amide bonds. The molecule has 0 saturated heterocycles. The zero-order chi connectivity index (χ0) is 14.5. The molecule has 1 aromatic heterocycles. The van der Waals surface area contributed by atoms with E-state index in [1.807, 2.05) is 12.1 Å². The largest absolute Gasteiger partial charge is 0.478 e. The fraction of sp³-hybridized carbons (Fsp3) is 0.312. The van der Waals surface area contributed by atoms with Gasteiger partial charge in [-0.1, -0.05) is 18.2 Å². The Hall–Kier alpha value is -1.65. The first-order chi connectivity index (χ1) is 9.59. The molecule has 1 aromatic carbocycles. The molecule has 2 aromatic rings. The summed E-state index contributed by atoms with van der Waals surface area (Å²) in [5.41, 5.74) is 2.61. The van der Waals surface area contributed by atoms with Gasteiger partial charge in [-0.2, -0.15) is 11.3 Å². The highest BCUT2D eigenvalue weighted by atomic mass is 32.1. The van der Waals surface area contributed by atoms with Gasteiger partial charge in [0, 0.05) is 12.6 Å². The highest BCUT2D eigenvalue weighted by molar-refractivity contribution is 7.07. The SMILES string of the molecule is CC(c1ccsc1)N(C)CCc1ccccc1C(=O)O. The lowest BCUT2D eigenvalue weighted by Gasteiger charge is -2.24. The summed E-state index contributed by atoms with van der Waals surface area (Å²) < 4.78 is 0. The number of carboxylic acids is 1. The van der Waals surface area contributed by atoms with Crippen LogP contribution in [0.1, 0.15) is 34.5 Å². The first-order valence-electron chi connectivity index (χ1n) is 6.63. The summed E-state index contributed by atoms with van der Waals surface area (Å²) in [5.74, 6) is -0.853. The normalized spacial score (nSPS) is 12.6. The maximum absolute atomic E-state index is 11.2. The molecule has 1 unspecified atom stereocenters. The highest BCUT2D eigenvalue weighted by Crippen LogP contribution is 2.21. The van der Waals surface area contributed by atoms with Gasteiger partial charge in [0.25, 0.3) is 0 Å². The molecule has 0 aliphatic rings. The Kier molecular flexibility index (Phi) is 4.93. The van der Waals surface area contributed by atoms with Gasteiger partial charge in [0.2, 0.25) is 0 Å². The third kappa shape index (κ3) is 3.46. The van der Waals surface area contributed by atoms with Gasteiger partial charge < -0.3 is 5.11 Å². The molecule has 1 heterocycles. The average molecular weight is 289 g/mol. The lowest BCUT2D eigenvalue weighted by atomic mass is 10.0. The van der Waals surface area contributed by atoms with Crippen LogP contribution in [0.5, 0.6) is 0 Å². The van der Waals surface area contributed by atoms with E-state index >= 15 is 0 Å². The molecule has 1 N–H and O–H groups in total. The molecule has 0 bridgehead atoms. The van der Waals surface area contributed by atoms with Crippen molar-refractivity contribution in [1.82, 2.24) is 4.90 Å². The van der Waals surface area contributed by atoms with Gasteiger partial charge >= 0.3 is 5.97 Å². The van der Waals surface area contributed by atoms with Crippen molar-refractivity contribution < 1.29 is 9.90 Å². The van der Waals surface area contributed by atoms with Gasteiger partial charge in [-0.3, -0.25) is 4.90 Å². The van der Waals surface area contributed by atoms with E-state index in [1.54, 1.807) is 23.5 Å². The van der Waals surface area contributed by atoms with Gasteiger partial charge in [-0.25, -0.2) is 4.79 Å². The third-order valence-electron chi connectivity index (χ3n) is 3.67. The molecular formula is C16H19NO2S. The van der Waals surface area contributed by atoms with E-state index in [1.165, 1.54) is 5.56 Å². The second-order valence-electron chi connectivity index (χ2n) is 4.93. The molecule has 0 aliphatic heterocycles. The van der Waals surface area contributed by atoms with Crippen molar-refractivity contribution >= 4 is 17.3 Å². The minimum absolute atomic E-state index is 0.346. The smallest absolute Gasteiger partial charge is 0.335 e. The van der Waals surface area contributed by atoms with Crippen LogP contribution in [0.25, 0.3) is 0 Å². The lowest BCUT2D eigenvalue weighted by molar-refractivity contribution is 0.0695. The predicted octanol–water partition coefficient (Wildman–Crippen LogP) is 3.68. The third-order valence-corrected chi connectivity index (χ3v) is 4.37. The van der Waals surface area contributed by atoms with Gasteiger partial charge in [-0.05, 0) is 54.4 Å². The Morgan fingerprint density at radius 1 is 1.35 bits per heavy atom. The Morgan fingerprint density at radius 2 is 2.10 bits per heavy atom. The van der Waals surface area contributed by atoms with Crippen LogP contribution in [0.3, 0.4) is 0 Å². The number of aromatic carboxylic acids is 1. The van der Waals surface area contributed by atoms with E-state index in [0.29, 0.717) is 11.6 Å². The summed E-state index contributed by atoms with van der Waals surface area (Å²) in [7, 11) is 2.08. The molecule has 0 fully saturated rings. The topological polar surface area (TPSA) is 40.5 Å². The maximum Gasteiger partial charge on any atom is 0.335 e. The number of thiophene rings is 1. The molecule has 0 aliphatic carbocycles. The van der Waals surface area contributed by atoms with Crippen LogP contribution in [-0.2, 0) is 6.42 Å². The summed E-state index contributed by atoms with van der Waals surface area (Å²) in [4.78, 5) is 13.4. The van der Waals surface area contributed by atoms with Gasteiger partial charge in [0.1, 0.15) is 0 Å². The van der Waals surface area contributed by atoms with Crippen LogP contribution < -0.4 is 0 Å². The van der Waals surface area contributed by atoms with Crippen LogP contribution in [-0.4, -0.2) is 29.6 Å². The molecule has 0 spiro atoms. The van der Waals surface area contributed by atoms with E-state index in [-0.39, 0.29) is 0 Å².